The zero-order chi connectivity index (χ0) is 44.1. The summed E-state index contributed by atoms with van der Waals surface area (Å²) in [6.07, 6.45) is 0. The first-order valence-electron chi connectivity index (χ1n) is 22.6. The van der Waals surface area contributed by atoms with Crippen LogP contribution in [-0.4, -0.2) is 0 Å². The van der Waals surface area contributed by atoms with Crippen molar-refractivity contribution in [3.63, 3.8) is 0 Å². The smallest absolute Gasteiger partial charge is 0.0462 e. The van der Waals surface area contributed by atoms with Gasteiger partial charge in [0.1, 0.15) is 0 Å². The van der Waals surface area contributed by atoms with E-state index in [2.05, 4.69) is 274 Å². The van der Waals surface area contributed by atoms with Crippen LogP contribution in [0.2, 0.25) is 0 Å². The van der Waals surface area contributed by atoms with E-state index < -0.39 is 0 Å². The third-order valence-corrected chi connectivity index (χ3v) is 12.9. The van der Waals surface area contributed by atoms with Gasteiger partial charge in [0.2, 0.25) is 0 Å². The van der Waals surface area contributed by atoms with Gasteiger partial charge in [-0.1, -0.05) is 212 Å². The maximum atomic E-state index is 2.36. The minimum Gasteiger partial charge on any atom is -0.311 e. The van der Waals surface area contributed by atoms with E-state index >= 15 is 0 Å². The number of aryl methyl sites for hydroxylation is 3. The van der Waals surface area contributed by atoms with Crippen molar-refractivity contribution in [3.05, 3.63) is 282 Å². The normalized spacial score (nSPS) is 11.1. The van der Waals surface area contributed by atoms with Crippen LogP contribution in [0.1, 0.15) is 39.3 Å². The van der Waals surface area contributed by atoms with Crippen LogP contribution in [0.25, 0.3) is 55.6 Å². The Labute approximate surface area is 384 Å². The van der Waals surface area contributed by atoms with Crippen molar-refractivity contribution in [2.45, 2.75) is 26.7 Å². The van der Waals surface area contributed by atoms with Crippen molar-refractivity contribution in [1.82, 2.24) is 0 Å². The molecule has 65 heavy (non-hydrogen) atoms. The fourth-order valence-corrected chi connectivity index (χ4v) is 9.70. The van der Waals surface area contributed by atoms with Crippen molar-refractivity contribution in [1.29, 1.82) is 0 Å². The minimum atomic E-state index is -0.143. The largest absolute Gasteiger partial charge is 0.311 e. The molecule has 0 fully saturated rings. The van der Waals surface area contributed by atoms with Gasteiger partial charge in [-0.05, 0) is 146 Å². The lowest BCUT2D eigenvalue weighted by molar-refractivity contribution is 0.985. The first-order chi connectivity index (χ1) is 32.0. The molecule has 10 aromatic carbocycles. The van der Waals surface area contributed by atoms with Crippen molar-refractivity contribution in [2.24, 2.45) is 0 Å². The zero-order valence-electron chi connectivity index (χ0n) is 37.2. The highest BCUT2D eigenvalue weighted by molar-refractivity contribution is 5.87. The van der Waals surface area contributed by atoms with E-state index in [1.54, 1.807) is 0 Å². The highest BCUT2D eigenvalue weighted by Crippen LogP contribution is 2.49. The van der Waals surface area contributed by atoms with E-state index in [1.807, 2.05) is 0 Å². The van der Waals surface area contributed by atoms with Gasteiger partial charge in [0.25, 0.3) is 0 Å². The molecule has 0 N–H and O–H groups in total. The van der Waals surface area contributed by atoms with Gasteiger partial charge in [-0.2, -0.15) is 0 Å². The Morgan fingerprint density at radius 1 is 0.246 bits per heavy atom. The number of hydrogen-bond donors (Lipinski definition) is 0. The van der Waals surface area contributed by atoms with Crippen molar-refractivity contribution in [2.75, 3.05) is 4.90 Å². The standard InChI is InChI=1S/C64H51N/c1-45-21-10-13-28-54(45)58-31-16-18-33-61(58)64(62-34-19-17-32-59(62)55-29-14-11-22-46(55)2)63-57(35-20-36-60(63)56-30-15-12-23-47(56)3)50-39-43-53(44-40-50)65(51-26-8-5-9-27-51)52-41-37-49(38-42-52)48-24-6-4-7-25-48/h4-44,64H,1-3H3. The summed E-state index contributed by atoms with van der Waals surface area (Å²) in [5.74, 6) is -0.143. The number of anilines is 3. The molecule has 0 saturated heterocycles. The van der Waals surface area contributed by atoms with Crippen LogP contribution in [0.15, 0.2) is 249 Å². The number of para-hydroxylation sites is 1. The number of hydrogen-bond acceptors (Lipinski definition) is 1. The lowest BCUT2D eigenvalue weighted by Gasteiger charge is -2.30. The average molecular weight is 834 g/mol. The summed E-state index contributed by atoms with van der Waals surface area (Å²) in [7, 11) is 0. The second-order valence-corrected chi connectivity index (χ2v) is 16.9. The van der Waals surface area contributed by atoms with Gasteiger partial charge in [0.05, 0.1) is 0 Å². The summed E-state index contributed by atoms with van der Waals surface area (Å²) in [6.45, 7) is 6.70. The van der Waals surface area contributed by atoms with Crippen LogP contribution >= 0.6 is 0 Å². The van der Waals surface area contributed by atoms with E-state index in [0.717, 1.165) is 17.1 Å². The van der Waals surface area contributed by atoms with E-state index in [4.69, 9.17) is 0 Å². The molecule has 1 heteroatoms. The third kappa shape index (κ3) is 8.21. The Kier molecular flexibility index (Phi) is 11.6. The van der Waals surface area contributed by atoms with E-state index in [-0.39, 0.29) is 5.92 Å². The summed E-state index contributed by atoms with van der Waals surface area (Å²) < 4.78 is 0. The molecule has 10 aromatic rings. The Morgan fingerprint density at radius 3 is 1.08 bits per heavy atom. The first kappa shape index (κ1) is 41.0. The molecule has 0 saturated carbocycles. The van der Waals surface area contributed by atoms with Gasteiger partial charge in [-0.3, -0.25) is 0 Å². The van der Waals surface area contributed by atoms with Crippen molar-refractivity contribution >= 4 is 17.1 Å². The lowest BCUT2D eigenvalue weighted by atomic mass is 9.73. The Hall–Kier alpha value is -8.00. The van der Waals surface area contributed by atoms with Gasteiger partial charge in [0.15, 0.2) is 0 Å². The molecule has 0 bridgehead atoms. The molecule has 0 atom stereocenters. The Balaban J connectivity index is 1.20. The summed E-state index contributed by atoms with van der Waals surface area (Å²) in [6, 6.07) is 91.0. The van der Waals surface area contributed by atoms with Crippen LogP contribution in [0.3, 0.4) is 0 Å². The number of nitrogens with zero attached hydrogens (tertiary/aromatic N) is 1. The Bertz CT molecular complexity index is 3130. The molecule has 0 aliphatic carbocycles. The maximum absolute atomic E-state index is 2.36. The Morgan fingerprint density at radius 2 is 0.585 bits per heavy atom. The van der Waals surface area contributed by atoms with Gasteiger partial charge in [0, 0.05) is 23.0 Å². The molecule has 0 heterocycles. The van der Waals surface area contributed by atoms with Crippen LogP contribution < -0.4 is 4.90 Å². The molecule has 0 aliphatic rings. The number of benzene rings is 10. The van der Waals surface area contributed by atoms with Gasteiger partial charge >= 0.3 is 0 Å². The maximum Gasteiger partial charge on any atom is 0.0462 e. The van der Waals surface area contributed by atoms with Crippen LogP contribution in [-0.2, 0) is 0 Å². The molecule has 0 aromatic heterocycles. The SMILES string of the molecule is Cc1ccccc1-c1ccccc1C(c1ccccc1-c1ccccc1C)c1c(-c2ccc(N(c3ccccc3)c3ccc(-c4ccccc4)cc3)cc2)cccc1-c1ccccc1C. The van der Waals surface area contributed by atoms with E-state index in [0.29, 0.717) is 0 Å². The zero-order valence-corrected chi connectivity index (χ0v) is 37.2. The van der Waals surface area contributed by atoms with Crippen molar-refractivity contribution < 1.29 is 0 Å². The average Bonchev–Trinajstić information content (AvgIpc) is 3.36. The van der Waals surface area contributed by atoms with Gasteiger partial charge in [-0.15, -0.1) is 0 Å². The molecule has 1 nitrogen and oxygen atoms in total. The summed E-state index contributed by atoms with van der Waals surface area (Å²) >= 11 is 0. The molecule has 0 unspecified atom stereocenters. The highest BCUT2D eigenvalue weighted by atomic mass is 15.1. The van der Waals surface area contributed by atoms with Gasteiger partial charge < -0.3 is 4.90 Å². The first-order valence-corrected chi connectivity index (χ1v) is 22.6. The molecule has 312 valence electrons. The quantitative estimate of drug-likeness (QED) is 0.117. The fourth-order valence-electron chi connectivity index (χ4n) is 9.70. The molecule has 0 amide bonds. The molecule has 0 radical (unpaired) electrons. The molecule has 10 rings (SSSR count). The fraction of sp³-hybridized carbons (Fsp3) is 0.0625. The summed E-state index contributed by atoms with van der Waals surface area (Å²) in [5, 5.41) is 0. The molecular formula is C64H51N. The third-order valence-electron chi connectivity index (χ3n) is 12.9. The minimum absolute atomic E-state index is 0.143. The molecule has 0 aliphatic heterocycles. The van der Waals surface area contributed by atoms with Crippen LogP contribution in [0.4, 0.5) is 17.1 Å². The monoisotopic (exact) mass is 833 g/mol. The molecular weight excluding hydrogens is 783 g/mol. The van der Waals surface area contributed by atoms with Crippen LogP contribution in [0.5, 0.6) is 0 Å². The topological polar surface area (TPSA) is 3.24 Å². The summed E-state index contributed by atoms with van der Waals surface area (Å²) in [5.41, 5.74) is 23.1. The van der Waals surface area contributed by atoms with Crippen LogP contribution in [0, 0.1) is 20.8 Å². The highest BCUT2D eigenvalue weighted by Gasteiger charge is 2.29. The van der Waals surface area contributed by atoms with Gasteiger partial charge in [-0.25, -0.2) is 0 Å². The second kappa shape index (κ2) is 18.4. The predicted molar refractivity (Wildman–Crippen MR) is 276 cm³/mol. The second-order valence-electron chi connectivity index (χ2n) is 16.9. The van der Waals surface area contributed by atoms with Crippen molar-refractivity contribution in [3.8, 4) is 55.6 Å². The van der Waals surface area contributed by atoms with E-state index in [1.165, 1.54) is 89.0 Å². The predicted octanol–water partition coefficient (Wildman–Crippen LogP) is 17.6. The number of rotatable bonds is 11. The lowest BCUT2D eigenvalue weighted by Crippen LogP contribution is -2.11. The molecule has 0 spiro atoms. The summed E-state index contributed by atoms with van der Waals surface area (Å²) in [4.78, 5) is 2.35. The van der Waals surface area contributed by atoms with E-state index in [9.17, 15) is 0 Å².